The van der Waals surface area contributed by atoms with E-state index in [4.69, 9.17) is 0 Å². The second-order valence-corrected chi connectivity index (χ2v) is 5.73. The highest BCUT2D eigenvalue weighted by atomic mass is 16.4. The Morgan fingerprint density at radius 3 is 2.62 bits per heavy atom. The second-order valence-electron chi connectivity index (χ2n) is 5.73. The molecular weight excluding hydrogens is 270 g/mol. The van der Waals surface area contributed by atoms with Gasteiger partial charge in [-0.1, -0.05) is 20.3 Å². The zero-order valence-electron chi connectivity index (χ0n) is 12.7. The maximum Gasteiger partial charge on any atom is 0.309 e. The van der Waals surface area contributed by atoms with Crippen molar-refractivity contribution in [1.82, 2.24) is 9.97 Å². The van der Waals surface area contributed by atoms with Crippen LogP contribution in [0.1, 0.15) is 45.4 Å². The normalized spacial score (nSPS) is 17.7. The molecule has 0 spiro atoms. The molecule has 0 unspecified atom stereocenters. The van der Waals surface area contributed by atoms with Crippen LogP contribution in [0.25, 0.3) is 0 Å². The molecule has 2 rings (SSSR count). The Morgan fingerprint density at radius 1 is 1.43 bits per heavy atom. The molecule has 1 fully saturated rings. The van der Waals surface area contributed by atoms with Crippen molar-refractivity contribution in [1.29, 1.82) is 0 Å². The number of anilines is 1. The van der Waals surface area contributed by atoms with Gasteiger partial charge in [-0.15, -0.1) is 0 Å². The monoisotopic (exact) mass is 293 g/mol. The summed E-state index contributed by atoms with van der Waals surface area (Å²) < 4.78 is 0. The van der Waals surface area contributed by atoms with Crippen LogP contribution < -0.4 is 10.5 Å². The molecule has 6 heteroatoms. The highest BCUT2D eigenvalue weighted by Crippen LogP contribution is 2.37. The number of piperidine rings is 1. The summed E-state index contributed by atoms with van der Waals surface area (Å²) in [6.07, 6.45) is 3.46. The van der Waals surface area contributed by atoms with E-state index >= 15 is 0 Å². The van der Waals surface area contributed by atoms with Crippen molar-refractivity contribution in [2.45, 2.75) is 46.0 Å². The number of H-pyrrole nitrogens is 1. The molecule has 1 saturated heterocycles. The fraction of sp³-hybridized carbons (Fsp3) is 0.667. The summed E-state index contributed by atoms with van der Waals surface area (Å²) in [5, 5.41) is 9.51. The molecule has 0 saturated carbocycles. The molecule has 0 aromatic carbocycles. The van der Waals surface area contributed by atoms with Gasteiger partial charge in [0.05, 0.1) is 5.41 Å². The van der Waals surface area contributed by atoms with Gasteiger partial charge in [-0.25, -0.2) is 4.98 Å². The van der Waals surface area contributed by atoms with Crippen LogP contribution in [-0.4, -0.2) is 34.1 Å². The number of rotatable bonds is 5. The third kappa shape index (κ3) is 3.25. The predicted octanol–water partition coefficient (Wildman–Crippen LogP) is 1.80. The number of nitrogens with one attached hydrogen (secondary N) is 1. The number of hydrogen-bond acceptors (Lipinski definition) is 4. The van der Waals surface area contributed by atoms with Gasteiger partial charge >= 0.3 is 5.97 Å². The molecule has 0 amide bonds. The number of carboxylic acid groups (broad SMARTS) is 1. The lowest BCUT2D eigenvalue weighted by Crippen LogP contribution is -2.45. The first-order chi connectivity index (χ1) is 10.0. The molecule has 2 N–H and O–H groups in total. The van der Waals surface area contributed by atoms with E-state index in [1.807, 2.05) is 18.7 Å². The number of aromatic nitrogens is 2. The van der Waals surface area contributed by atoms with E-state index in [2.05, 4.69) is 9.97 Å². The molecule has 0 aliphatic carbocycles. The molecule has 116 valence electrons. The van der Waals surface area contributed by atoms with Crippen molar-refractivity contribution >= 4 is 11.8 Å². The third-order valence-corrected chi connectivity index (χ3v) is 4.34. The summed E-state index contributed by atoms with van der Waals surface area (Å²) in [6, 6.07) is 1.49. The van der Waals surface area contributed by atoms with Gasteiger partial charge in [0.2, 0.25) is 0 Å². The number of hydrogen-bond donors (Lipinski definition) is 2. The topological polar surface area (TPSA) is 86.3 Å². The van der Waals surface area contributed by atoms with E-state index in [0.29, 0.717) is 50.4 Å². The van der Waals surface area contributed by atoms with E-state index in [1.54, 1.807) is 0 Å². The standard InChI is InChI=1S/C15H23N3O3/c1-3-5-15(14(20)21)6-8-18(9-7-15)12-10-13(19)17-11(4-2)16-12/h10H,3-9H2,1-2H3,(H,20,21)(H,16,17,19). The van der Waals surface area contributed by atoms with Crippen molar-refractivity contribution < 1.29 is 9.90 Å². The molecule has 1 aliphatic heterocycles. The molecule has 2 heterocycles. The number of aryl methyl sites for hydroxylation is 1. The van der Waals surface area contributed by atoms with Gasteiger partial charge in [-0.2, -0.15) is 0 Å². The van der Waals surface area contributed by atoms with Crippen LogP contribution in [0.4, 0.5) is 5.82 Å². The Labute approximate surface area is 124 Å². The van der Waals surface area contributed by atoms with E-state index in [1.165, 1.54) is 6.07 Å². The van der Waals surface area contributed by atoms with E-state index < -0.39 is 11.4 Å². The summed E-state index contributed by atoms with van der Waals surface area (Å²) in [7, 11) is 0. The zero-order valence-corrected chi connectivity index (χ0v) is 12.7. The van der Waals surface area contributed by atoms with Crippen LogP contribution in [0.2, 0.25) is 0 Å². The van der Waals surface area contributed by atoms with E-state index in [9.17, 15) is 14.7 Å². The summed E-state index contributed by atoms with van der Waals surface area (Å²) >= 11 is 0. The Morgan fingerprint density at radius 2 is 2.10 bits per heavy atom. The van der Waals surface area contributed by atoms with Crippen LogP contribution in [0.15, 0.2) is 10.9 Å². The molecule has 0 atom stereocenters. The Hall–Kier alpha value is -1.85. The number of nitrogens with zero attached hydrogens (tertiary/aromatic N) is 2. The predicted molar refractivity (Wildman–Crippen MR) is 80.7 cm³/mol. The van der Waals surface area contributed by atoms with Crippen molar-refractivity contribution in [2.75, 3.05) is 18.0 Å². The number of aromatic amines is 1. The Kier molecular flexibility index (Phi) is 4.65. The smallest absolute Gasteiger partial charge is 0.309 e. The largest absolute Gasteiger partial charge is 0.481 e. The average Bonchev–Trinajstić information content (AvgIpc) is 2.47. The van der Waals surface area contributed by atoms with Gasteiger partial charge in [0, 0.05) is 25.6 Å². The molecule has 6 nitrogen and oxygen atoms in total. The van der Waals surface area contributed by atoms with Gasteiger partial charge in [0.15, 0.2) is 0 Å². The molecule has 1 aromatic heterocycles. The summed E-state index contributed by atoms with van der Waals surface area (Å²) in [6.45, 7) is 5.22. The van der Waals surface area contributed by atoms with Crippen molar-refractivity contribution in [3.63, 3.8) is 0 Å². The lowest BCUT2D eigenvalue weighted by Gasteiger charge is -2.39. The fourth-order valence-electron chi connectivity index (χ4n) is 3.04. The third-order valence-electron chi connectivity index (χ3n) is 4.34. The minimum absolute atomic E-state index is 0.152. The summed E-state index contributed by atoms with van der Waals surface area (Å²) in [5.41, 5.74) is -0.763. The maximum atomic E-state index is 11.6. The van der Waals surface area contributed by atoms with Crippen molar-refractivity contribution in [2.24, 2.45) is 5.41 Å². The minimum atomic E-state index is -0.697. The van der Waals surface area contributed by atoms with Gasteiger partial charge in [0.25, 0.3) is 5.56 Å². The fourth-order valence-corrected chi connectivity index (χ4v) is 3.04. The van der Waals surface area contributed by atoms with Crippen LogP contribution in [0, 0.1) is 5.41 Å². The summed E-state index contributed by atoms with van der Waals surface area (Å²) in [5.74, 6) is 0.629. The molecule has 21 heavy (non-hydrogen) atoms. The minimum Gasteiger partial charge on any atom is -0.481 e. The Bertz CT molecular complexity index is 560. The van der Waals surface area contributed by atoms with E-state index in [-0.39, 0.29) is 5.56 Å². The zero-order chi connectivity index (χ0) is 15.5. The van der Waals surface area contributed by atoms with Gasteiger partial charge in [-0.3, -0.25) is 9.59 Å². The first-order valence-electron chi connectivity index (χ1n) is 7.59. The van der Waals surface area contributed by atoms with Crippen LogP contribution in [-0.2, 0) is 11.2 Å². The Balaban J connectivity index is 2.15. The first-order valence-corrected chi connectivity index (χ1v) is 7.59. The molecule has 1 aromatic rings. The number of aliphatic carboxylic acids is 1. The van der Waals surface area contributed by atoms with Crippen molar-refractivity contribution in [3.05, 3.63) is 22.2 Å². The van der Waals surface area contributed by atoms with Crippen molar-refractivity contribution in [3.8, 4) is 0 Å². The van der Waals surface area contributed by atoms with Gasteiger partial charge < -0.3 is 15.0 Å². The van der Waals surface area contributed by atoms with Crippen LogP contribution in [0.3, 0.4) is 0 Å². The van der Waals surface area contributed by atoms with Crippen LogP contribution >= 0.6 is 0 Å². The lowest BCUT2D eigenvalue weighted by atomic mass is 9.75. The SMILES string of the molecule is CCCC1(C(=O)O)CCN(c2cc(=O)[nH]c(CC)n2)CC1. The maximum absolute atomic E-state index is 11.6. The summed E-state index contributed by atoms with van der Waals surface area (Å²) in [4.78, 5) is 32.4. The van der Waals surface area contributed by atoms with E-state index in [0.717, 1.165) is 6.42 Å². The molecule has 1 aliphatic rings. The van der Waals surface area contributed by atoms with Gasteiger partial charge in [-0.05, 0) is 19.3 Å². The van der Waals surface area contributed by atoms with Gasteiger partial charge in [0.1, 0.15) is 11.6 Å². The molecule has 0 radical (unpaired) electrons. The number of carbonyl (C=O) groups is 1. The quantitative estimate of drug-likeness (QED) is 0.864. The molecule has 0 bridgehead atoms. The van der Waals surface area contributed by atoms with Crippen LogP contribution in [0.5, 0.6) is 0 Å². The highest BCUT2D eigenvalue weighted by molar-refractivity contribution is 5.75. The number of carboxylic acids is 1. The lowest BCUT2D eigenvalue weighted by molar-refractivity contribution is -0.150. The average molecular weight is 293 g/mol. The molecular formula is C15H23N3O3. The highest BCUT2D eigenvalue weighted by Gasteiger charge is 2.40. The second kappa shape index (κ2) is 6.28. The first kappa shape index (κ1) is 15.5.